The van der Waals surface area contributed by atoms with Crippen LogP contribution in [-0.2, 0) is 6.54 Å². The Labute approximate surface area is 79.8 Å². The molecule has 0 spiro atoms. The summed E-state index contributed by atoms with van der Waals surface area (Å²) in [5, 5.41) is 14.1. The number of rotatable bonds is 4. The fourth-order valence-corrected chi connectivity index (χ4v) is 0.889. The molecule has 5 nitrogen and oxygen atoms in total. The number of nitrogens with zero attached hydrogens (tertiary/aromatic N) is 3. The first-order valence-corrected chi connectivity index (χ1v) is 4.06. The van der Waals surface area contributed by atoms with Gasteiger partial charge in [-0.15, -0.1) is 11.6 Å². The molecule has 0 N–H and O–H groups in total. The number of hydrogen-bond donors (Lipinski definition) is 0. The van der Waals surface area contributed by atoms with Crippen molar-refractivity contribution >= 4 is 17.3 Å². The van der Waals surface area contributed by atoms with Crippen molar-refractivity contribution in [2.45, 2.75) is 6.54 Å². The topological polar surface area (TPSA) is 61.0 Å². The molecule has 0 unspecified atom stereocenters. The number of halogens is 1. The summed E-state index contributed by atoms with van der Waals surface area (Å²) in [5.41, 5.74) is 0.738. The first kappa shape index (κ1) is 9.73. The van der Waals surface area contributed by atoms with Crippen molar-refractivity contribution in [3.8, 4) is 0 Å². The average Bonchev–Trinajstić information content (AvgIpc) is 2.52. The van der Waals surface area contributed by atoms with Crippen molar-refractivity contribution < 1.29 is 4.92 Å². The highest BCUT2D eigenvalue weighted by molar-refractivity contribution is 6.19. The zero-order valence-electron chi connectivity index (χ0n) is 6.81. The van der Waals surface area contributed by atoms with Gasteiger partial charge in [-0.1, -0.05) is 6.58 Å². The van der Waals surface area contributed by atoms with Crippen molar-refractivity contribution in [3.63, 3.8) is 0 Å². The third-order valence-electron chi connectivity index (χ3n) is 1.41. The standard InChI is InChI=1S/C7H8ClN3O2/c1-6(2-8)4-10-5-7(3-9-10)11(12)13/h3,5H,1-2,4H2. The Morgan fingerprint density at radius 1 is 1.85 bits per heavy atom. The molecule has 0 fully saturated rings. The van der Waals surface area contributed by atoms with Gasteiger partial charge in [-0.2, -0.15) is 5.10 Å². The highest BCUT2D eigenvalue weighted by Crippen LogP contribution is 2.09. The summed E-state index contributed by atoms with van der Waals surface area (Å²) in [6, 6.07) is 0. The van der Waals surface area contributed by atoms with E-state index in [0.29, 0.717) is 12.4 Å². The van der Waals surface area contributed by atoms with E-state index in [1.165, 1.54) is 17.1 Å². The predicted octanol–water partition coefficient (Wildman–Crippen LogP) is 1.59. The van der Waals surface area contributed by atoms with Crippen LogP contribution < -0.4 is 0 Å². The van der Waals surface area contributed by atoms with Crippen LogP contribution in [0.1, 0.15) is 0 Å². The van der Waals surface area contributed by atoms with Gasteiger partial charge in [-0.3, -0.25) is 14.8 Å². The molecule has 1 aromatic rings. The van der Waals surface area contributed by atoms with Crippen molar-refractivity contribution in [3.05, 3.63) is 34.7 Å². The maximum absolute atomic E-state index is 10.3. The predicted molar refractivity (Wildman–Crippen MR) is 48.7 cm³/mol. The molecular formula is C7H8ClN3O2. The molecule has 1 rings (SSSR count). The molecule has 13 heavy (non-hydrogen) atoms. The van der Waals surface area contributed by atoms with E-state index in [4.69, 9.17) is 11.6 Å². The van der Waals surface area contributed by atoms with Crippen molar-refractivity contribution in [2.75, 3.05) is 5.88 Å². The van der Waals surface area contributed by atoms with E-state index in [0.717, 1.165) is 5.57 Å². The van der Waals surface area contributed by atoms with E-state index in [1.54, 1.807) is 0 Å². The van der Waals surface area contributed by atoms with Crippen LogP contribution in [0.5, 0.6) is 0 Å². The monoisotopic (exact) mass is 201 g/mol. The van der Waals surface area contributed by atoms with Crippen LogP contribution in [0, 0.1) is 10.1 Å². The van der Waals surface area contributed by atoms with Gasteiger partial charge in [0, 0.05) is 5.88 Å². The van der Waals surface area contributed by atoms with Crippen LogP contribution >= 0.6 is 11.6 Å². The Hall–Kier alpha value is -1.36. The van der Waals surface area contributed by atoms with Crippen molar-refractivity contribution in [2.24, 2.45) is 0 Å². The van der Waals surface area contributed by atoms with E-state index in [2.05, 4.69) is 11.7 Å². The second kappa shape index (κ2) is 4.04. The average molecular weight is 202 g/mol. The molecule has 0 amide bonds. The normalized spacial score (nSPS) is 9.92. The Kier molecular flexibility index (Phi) is 3.02. The fourth-order valence-electron chi connectivity index (χ4n) is 0.805. The number of aromatic nitrogens is 2. The van der Waals surface area contributed by atoms with E-state index >= 15 is 0 Å². The summed E-state index contributed by atoms with van der Waals surface area (Å²) in [6.45, 7) is 4.07. The second-order valence-electron chi connectivity index (χ2n) is 2.54. The van der Waals surface area contributed by atoms with E-state index in [9.17, 15) is 10.1 Å². The fraction of sp³-hybridized carbons (Fsp3) is 0.286. The Morgan fingerprint density at radius 2 is 2.54 bits per heavy atom. The number of nitro groups is 1. The smallest absolute Gasteiger partial charge is 0.261 e. The van der Waals surface area contributed by atoms with Gasteiger partial charge in [-0.05, 0) is 5.57 Å². The lowest BCUT2D eigenvalue weighted by atomic mass is 10.3. The highest BCUT2D eigenvalue weighted by atomic mass is 35.5. The van der Waals surface area contributed by atoms with Gasteiger partial charge in [0.05, 0.1) is 11.5 Å². The third-order valence-corrected chi connectivity index (χ3v) is 1.78. The maximum atomic E-state index is 10.3. The number of hydrogen-bond acceptors (Lipinski definition) is 3. The molecule has 0 saturated carbocycles. The minimum absolute atomic E-state index is 0.0256. The maximum Gasteiger partial charge on any atom is 0.307 e. The zero-order valence-corrected chi connectivity index (χ0v) is 7.57. The van der Waals surface area contributed by atoms with Gasteiger partial charge in [-0.25, -0.2) is 0 Å². The van der Waals surface area contributed by atoms with Crippen LogP contribution in [0.2, 0.25) is 0 Å². The molecule has 0 saturated heterocycles. The lowest BCUT2D eigenvalue weighted by Crippen LogP contribution is -2.01. The van der Waals surface area contributed by atoms with E-state index < -0.39 is 4.92 Å². The zero-order chi connectivity index (χ0) is 9.84. The number of alkyl halides is 1. The summed E-state index contributed by atoms with van der Waals surface area (Å²) in [6.07, 6.45) is 2.54. The summed E-state index contributed by atoms with van der Waals surface area (Å²) >= 11 is 5.50. The molecule has 0 atom stereocenters. The molecule has 0 bridgehead atoms. The summed E-state index contributed by atoms with van der Waals surface area (Å²) in [5.74, 6) is 0.327. The largest absolute Gasteiger partial charge is 0.307 e. The Bertz CT molecular complexity index is 334. The molecule has 70 valence electrons. The molecule has 0 aliphatic heterocycles. The molecule has 0 aliphatic carbocycles. The van der Waals surface area contributed by atoms with Gasteiger partial charge in [0.2, 0.25) is 0 Å². The summed E-state index contributed by atoms with van der Waals surface area (Å²) in [4.78, 5) is 9.78. The van der Waals surface area contributed by atoms with Gasteiger partial charge >= 0.3 is 5.69 Å². The molecule has 1 aromatic heterocycles. The van der Waals surface area contributed by atoms with Gasteiger partial charge in [0.1, 0.15) is 12.4 Å². The van der Waals surface area contributed by atoms with Gasteiger partial charge in [0.25, 0.3) is 0 Å². The van der Waals surface area contributed by atoms with E-state index in [-0.39, 0.29) is 5.69 Å². The van der Waals surface area contributed by atoms with Crippen LogP contribution in [0.15, 0.2) is 24.5 Å². The van der Waals surface area contributed by atoms with Crippen LogP contribution in [0.3, 0.4) is 0 Å². The minimum Gasteiger partial charge on any atom is -0.261 e. The Morgan fingerprint density at radius 3 is 3.00 bits per heavy atom. The van der Waals surface area contributed by atoms with Gasteiger partial charge in [0.15, 0.2) is 0 Å². The molecule has 0 radical (unpaired) electrons. The van der Waals surface area contributed by atoms with Crippen LogP contribution in [0.25, 0.3) is 0 Å². The van der Waals surface area contributed by atoms with Crippen LogP contribution in [-0.4, -0.2) is 20.6 Å². The quantitative estimate of drug-likeness (QED) is 0.322. The SMILES string of the molecule is C=C(CCl)Cn1cc([N+](=O)[O-])cn1. The highest BCUT2D eigenvalue weighted by Gasteiger charge is 2.08. The Balaban J connectivity index is 2.69. The molecule has 0 aliphatic rings. The third kappa shape index (κ3) is 2.55. The summed E-state index contributed by atoms with van der Waals surface area (Å²) in [7, 11) is 0. The summed E-state index contributed by atoms with van der Waals surface area (Å²) < 4.78 is 1.43. The lowest BCUT2D eigenvalue weighted by molar-refractivity contribution is -0.385. The van der Waals surface area contributed by atoms with Crippen molar-refractivity contribution in [1.82, 2.24) is 9.78 Å². The second-order valence-corrected chi connectivity index (χ2v) is 2.80. The molecule has 1 heterocycles. The van der Waals surface area contributed by atoms with E-state index in [1.807, 2.05) is 0 Å². The molecule has 0 aromatic carbocycles. The first-order chi connectivity index (χ1) is 6.13. The molecular weight excluding hydrogens is 194 g/mol. The number of allylic oxidation sites excluding steroid dienone is 1. The lowest BCUT2D eigenvalue weighted by Gasteiger charge is -1.99. The first-order valence-electron chi connectivity index (χ1n) is 3.53. The molecule has 6 heteroatoms. The minimum atomic E-state index is -0.493. The van der Waals surface area contributed by atoms with Gasteiger partial charge < -0.3 is 0 Å². The van der Waals surface area contributed by atoms with Crippen LogP contribution in [0.4, 0.5) is 5.69 Å². The van der Waals surface area contributed by atoms with Crippen molar-refractivity contribution in [1.29, 1.82) is 0 Å².